The summed E-state index contributed by atoms with van der Waals surface area (Å²) in [4.78, 5) is 10.9. The van der Waals surface area contributed by atoms with Gasteiger partial charge in [-0.3, -0.25) is 0 Å². The van der Waals surface area contributed by atoms with Crippen molar-refractivity contribution in [3.05, 3.63) is 58.9 Å². The Morgan fingerprint density at radius 1 is 1.19 bits per heavy atom. The number of carboxylic acids is 1. The molecule has 0 atom stereocenters. The summed E-state index contributed by atoms with van der Waals surface area (Å²) in [7, 11) is 1.52. The molecule has 0 saturated carbocycles. The minimum atomic E-state index is -1.11. The molecule has 0 radical (unpaired) electrons. The molecular weight excluding hydrogens is 275 g/mol. The SMILES string of the molecule is COc1cc(C)ccc1OCc1cc(C(=O)O)ccc1F. The summed E-state index contributed by atoms with van der Waals surface area (Å²) in [6.07, 6.45) is 0. The predicted molar refractivity (Wildman–Crippen MR) is 75.4 cm³/mol. The van der Waals surface area contributed by atoms with Gasteiger partial charge in [0.25, 0.3) is 0 Å². The van der Waals surface area contributed by atoms with Gasteiger partial charge in [0.2, 0.25) is 0 Å². The van der Waals surface area contributed by atoms with Gasteiger partial charge in [-0.25, -0.2) is 9.18 Å². The number of aryl methyl sites for hydroxylation is 1. The van der Waals surface area contributed by atoms with E-state index in [1.54, 1.807) is 12.1 Å². The van der Waals surface area contributed by atoms with Gasteiger partial charge < -0.3 is 14.6 Å². The van der Waals surface area contributed by atoms with Gasteiger partial charge in [0.1, 0.15) is 12.4 Å². The molecule has 1 N–H and O–H groups in total. The quantitative estimate of drug-likeness (QED) is 0.916. The molecule has 0 heterocycles. The first-order valence-corrected chi connectivity index (χ1v) is 6.30. The van der Waals surface area contributed by atoms with E-state index >= 15 is 0 Å². The van der Waals surface area contributed by atoms with E-state index in [-0.39, 0.29) is 17.7 Å². The van der Waals surface area contributed by atoms with Gasteiger partial charge in [-0.2, -0.15) is 0 Å². The number of hydrogen-bond acceptors (Lipinski definition) is 3. The molecular formula is C16H15FO4. The number of aromatic carboxylic acids is 1. The Labute approximate surface area is 121 Å². The van der Waals surface area contributed by atoms with Gasteiger partial charge in [0.15, 0.2) is 11.5 Å². The van der Waals surface area contributed by atoms with Crippen LogP contribution in [0.3, 0.4) is 0 Å². The Bertz CT molecular complexity index is 667. The first kappa shape index (κ1) is 14.8. The van der Waals surface area contributed by atoms with Crippen LogP contribution in [0.1, 0.15) is 21.5 Å². The minimum Gasteiger partial charge on any atom is -0.493 e. The lowest BCUT2D eigenvalue weighted by atomic mass is 10.1. The van der Waals surface area contributed by atoms with Crippen molar-refractivity contribution in [3.8, 4) is 11.5 Å². The first-order chi connectivity index (χ1) is 10.0. The van der Waals surface area contributed by atoms with Crippen molar-refractivity contribution in [1.82, 2.24) is 0 Å². The fraction of sp³-hybridized carbons (Fsp3) is 0.188. The van der Waals surface area contributed by atoms with E-state index in [2.05, 4.69) is 0 Å². The van der Waals surface area contributed by atoms with Crippen molar-refractivity contribution >= 4 is 5.97 Å². The Morgan fingerprint density at radius 3 is 2.62 bits per heavy atom. The molecule has 0 amide bonds. The molecule has 21 heavy (non-hydrogen) atoms. The lowest BCUT2D eigenvalue weighted by Crippen LogP contribution is -2.03. The molecule has 0 bridgehead atoms. The Kier molecular flexibility index (Phi) is 4.42. The molecule has 110 valence electrons. The van der Waals surface area contributed by atoms with Crippen LogP contribution in [-0.2, 0) is 6.61 Å². The lowest BCUT2D eigenvalue weighted by molar-refractivity contribution is 0.0696. The van der Waals surface area contributed by atoms with Gasteiger partial charge in [0, 0.05) is 5.56 Å². The maximum atomic E-state index is 13.7. The van der Waals surface area contributed by atoms with Crippen molar-refractivity contribution in [2.45, 2.75) is 13.5 Å². The number of carboxylic acid groups (broad SMARTS) is 1. The number of rotatable bonds is 5. The number of carbonyl (C=O) groups is 1. The highest BCUT2D eigenvalue weighted by atomic mass is 19.1. The zero-order valence-electron chi connectivity index (χ0n) is 11.7. The molecule has 0 aliphatic rings. The van der Waals surface area contributed by atoms with Crippen molar-refractivity contribution < 1.29 is 23.8 Å². The highest BCUT2D eigenvalue weighted by Crippen LogP contribution is 2.28. The van der Waals surface area contributed by atoms with Gasteiger partial charge >= 0.3 is 5.97 Å². The van der Waals surface area contributed by atoms with Crippen LogP contribution in [0.15, 0.2) is 36.4 Å². The van der Waals surface area contributed by atoms with E-state index in [1.807, 2.05) is 13.0 Å². The van der Waals surface area contributed by atoms with E-state index in [0.717, 1.165) is 11.6 Å². The predicted octanol–water partition coefficient (Wildman–Crippen LogP) is 3.42. The van der Waals surface area contributed by atoms with Crippen LogP contribution < -0.4 is 9.47 Å². The number of methoxy groups -OCH3 is 1. The van der Waals surface area contributed by atoms with Crippen LogP contribution in [0.5, 0.6) is 11.5 Å². The molecule has 0 aliphatic carbocycles. The van der Waals surface area contributed by atoms with E-state index < -0.39 is 11.8 Å². The molecule has 2 rings (SSSR count). The molecule has 2 aromatic rings. The van der Waals surface area contributed by atoms with Gasteiger partial charge in [-0.1, -0.05) is 6.07 Å². The van der Waals surface area contributed by atoms with Crippen molar-refractivity contribution in [1.29, 1.82) is 0 Å². The normalized spacial score (nSPS) is 10.2. The van der Waals surface area contributed by atoms with Crippen LogP contribution in [0.4, 0.5) is 4.39 Å². The molecule has 0 saturated heterocycles. The standard InChI is InChI=1S/C16H15FO4/c1-10-3-6-14(15(7-10)20-2)21-9-12-8-11(16(18)19)4-5-13(12)17/h3-8H,9H2,1-2H3,(H,18,19). The lowest BCUT2D eigenvalue weighted by Gasteiger charge is -2.12. The van der Waals surface area contributed by atoms with Gasteiger partial charge in [-0.05, 0) is 42.8 Å². The first-order valence-electron chi connectivity index (χ1n) is 6.30. The molecule has 4 nitrogen and oxygen atoms in total. The highest BCUT2D eigenvalue weighted by molar-refractivity contribution is 5.87. The summed E-state index contributed by atoms with van der Waals surface area (Å²) in [5.41, 5.74) is 1.21. The van der Waals surface area contributed by atoms with Crippen LogP contribution in [-0.4, -0.2) is 18.2 Å². The van der Waals surface area contributed by atoms with Gasteiger partial charge in [0.05, 0.1) is 12.7 Å². The summed E-state index contributed by atoms with van der Waals surface area (Å²) in [6, 6.07) is 8.98. The summed E-state index contributed by atoms with van der Waals surface area (Å²) in [6.45, 7) is 1.84. The second-order valence-electron chi connectivity index (χ2n) is 4.55. The number of benzene rings is 2. The third-order valence-corrected chi connectivity index (χ3v) is 2.99. The van der Waals surface area contributed by atoms with E-state index in [1.165, 1.54) is 19.2 Å². The zero-order chi connectivity index (χ0) is 15.4. The highest BCUT2D eigenvalue weighted by Gasteiger charge is 2.10. The fourth-order valence-corrected chi connectivity index (χ4v) is 1.87. The second kappa shape index (κ2) is 6.26. The second-order valence-corrected chi connectivity index (χ2v) is 4.55. The average molecular weight is 290 g/mol. The largest absolute Gasteiger partial charge is 0.493 e. The topological polar surface area (TPSA) is 55.8 Å². The molecule has 0 spiro atoms. The van der Waals surface area contributed by atoms with Gasteiger partial charge in [-0.15, -0.1) is 0 Å². The Hall–Kier alpha value is -2.56. The van der Waals surface area contributed by atoms with Crippen LogP contribution in [0.2, 0.25) is 0 Å². The number of halogens is 1. The zero-order valence-corrected chi connectivity index (χ0v) is 11.7. The monoisotopic (exact) mass is 290 g/mol. The molecule has 0 aromatic heterocycles. The third kappa shape index (κ3) is 3.51. The van der Waals surface area contributed by atoms with Crippen molar-refractivity contribution in [2.75, 3.05) is 7.11 Å². The average Bonchev–Trinajstić information content (AvgIpc) is 2.47. The third-order valence-electron chi connectivity index (χ3n) is 2.99. The summed E-state index contributed by atoms with van der Waals surface area (Å²) in [5.74, 6) is -0.594. The van der Waals surface area contributed by atoms with E-state index in [0.29, 0.717) is 11.5 Å². The number of ether oxygens (including phenoxy) is 2. The minimum absolute atomic E-state index is 0.0193. The summed E-state index contributed by atoms with van der Waals surface area (Å²) >= 11 is 0. The maximum absolute atomic E-state index is 13.7. The van der Waals surface area contributed by atoms with Crippen LogP contribution >= 0.6 is 0 Å². The summed E-state index contributed by atoms with van der Waals surface area (Å²) < 4.78 is 24.4. The van der Waals surface area contributed by atoms with Crippen LogP contribution in [0, 0.1) is 12.7 Å². The van der Waals surface area contributed by atoms with Crippen molar-refractivity contribution in [3.63, 3.8) is 0 Å². The van der Waals surface area contributed by atoms with Crippen LogP contribution in [0.25, 0.3) is 0 Å². The molecule has 2 aromatic carbocycles. The smallest absolute Gasteiger partial charge is 0.335 e. The molecule has 5 heteroatoms. The van der Waals surface area contributed by atoms with Crippen molar-refractivity contribution in [2.24, 2.45) is 0 Å². The van der Waals surface area contributed by atoms with E-state index in [9.17, 15) is 9.18 Å². The Balaban J connectivity index is 2.20. The van der Waals surface area contributed by atoms with E-state index in [4.69, 9.17) is 14.6 Å². The number of hydrogen-bond donors (Lipinski definition) is 1. The molecule has 0 fully saturated rings. The Morgan fingerprint density at radius 2 is 1.95 bits per heavy atom. The maximum Gasteiger partial charge on any atom is 0.335 e. The molecule has 0 aliphatic heterocycles. The molecule has 0 unspecified atom stereocenters. The summed E-state index contributed by atoms with van der Waals surface area (Å²) in [5, 5.41) is 8.91. The fourth-order valence-electron chi connectivity index (χ4n) is 1.87.